The van der Waals surface area contributed by atoms with Gasteiger partial charge in [-0.3, -0.25) is 4.79 Å². The molecule has 0 radical (unpaired) electrons. The van der Waals surface area contributed by atoms with E-state index >= 15 is 0 Å². The summed E-state index contributed by atoms with van der Waals surface area (Å²) in [4.78, 5) is 14.2. The molecule has 0 unspecified atom stereocenters. The van der Waals surface area contributed by atoms with Crippen LogP contribution in [0.4, 0.5) is 0 Å². The molecule has 0 amide bonds. The number of hydrogen-bond acceptors (Lipinski definition) is 2. The van der Waals surface area contributed by atoms with Gasteiger partial charge in [0.1, 0.15) is 5.65 Å². The van der Waals surface area contributed by atoms with E-state index in [0.29, 0.717) is 0 Å². The summed E-state index contributed by atoms with van der Waals surface area (Å²) >= 11 is 0. The molecule has 0 aliphatic rings. The van der Waals surface area contributed by atoms with Crippen molar-refractivity contribution < 1.29 is 0 Å². The van der Waals surface area contributed by atoms with Crippen LogP contribution in [0.5, 0.6) is 0 Å². The summed E-state index contributed by atoms with van der Waals surface area (Å²) in [5, 5.41) is 4.38. The molecule has 0 atom stereocenters. The van der Waals surface area contributed by atoms with Crippen LogP contribution in [0.3, 0.4) is 0 Å². The van der Waals surface area contributed by atoms with Gasteiger partial charge in [-0.05, 0) is 19.8 Å². The van der Waals surface area contributed by atoms with Crippen molar-refractivity contribution in [3.8, 4) is 0 Å². The van der Waals surface area contributed by atoms with Crippen LogP contribution in [0, 0.1) is 6.92 Å². The zero-order valence-electron chi connectivity index (χ0n) is 9.79. The molecule has 2 aromatic rings. The molecular formula is C12H17N3O. The standard InChI is InChI=1S/C12H17N3O/c1-3-4-5-6-10-8-12(16)13-11-7-9(2)14-15(10)11/h7-8H,3-6H2,1-2H3,(H,13,16). The molecule has 1 N–H and O–H groups in total. The van der Waals surface area contributed by atoms with Crippen molar-refractivity contribution in [2.75, 3.05) is 0 Å². The van der Waals surface area contributed by atoms with E-state index in [-0.39, 0.29) is 5.56 Å². The molecule has 0 aliphatic heterocycles. The summed E-state index contributed by atoms with van der Waals surface area (Å²) in [6.07, 6.45) is 4.39. The van der Waals surface area contributed by atoms with E-state index < -0.39 is 0 Å². The summed E-state index contributed by atoms with van der Waals surface area (Å²) in [5.41, 5.74) is 2.68. The molecule has 0 aromatic carbocycles. The van der Waals surface area contributed by atoms with E-state index in [9.17, 15) is 4.79 Å². The minimum absolute atomic E-state index is 0.0427. The summed E-state index contributed by atoms with van der Waals surface area (Å²) in [6, 6.07) is 3.54. The third-order valence-corrected chi connectivity index (χ3v) is 2.69. The number of fused-ring (bicyclic) bond motifs is 1. The molecule has 0 aliphatic carbocycles. The van der Waals surface area contributed by atoms with Crippen LogP contribution in [0.1, 0.15) is 37.6 Å². The second-order valence-electron chi connectivity index (χ2n) is 4.16. The Balaban J connectivity index is 2.38. The zero-order valence-corrected chi connectivity index (χ0v) is 9.79. The first-order chi connectivity index (χ1) is 7.70. The second kappa shape index (κ2) is 4.51. The second-order valence-corrected chi connectivity index (χ2v) is 4.16. The van der Waals surface area contributed by atoms with Crippen molar-refractivity contribution in [3.05, 3.63) is 33.9 Å². The van der Waals surface area contributed by atoms with Gasteiger partial charge in [0, 0.05) is 17.8 Å². The molecule has 0 fully saturated rings. The van der Waals surface area contributed by atoms with E-state index in [2.05, 4.69) is 17.0 Å². The van der Waals surface area contributed by atoms with Gasteiger partial charge in [0.2, 0.25) is 0 Å². The van der Waals surface area contributed by atoms with Gasteiger partial charge in [-0.2, -0.15) is 5.10 Å². The van der Waals surface area contributed by atoms with Gasteiger partial charge in [0.15, 0.2) is 0 Å². The Morgan fingerprint density at radius 3 is 2.94 bits per heavy atom. The first-order valence-electron chi connectivity index (χ1n) is 5.79. The highest BCUT2D eigenvalue weighted by Crippen LogP contribution is 2.08. The summed E-state index contributed by atoms with van der Waals surface area (Å²) in [6.45, 7) is 4.10. The fourth-order valence-corrected chi connectivity index (χ4v) is 1.92. The largest absolute Gasteiger partial charge is 0.307 e. The SMILES string of the molecule is CCCCCc1cc(=O)[nH]c2cc(C)nn12. The minimum atomic E-state index is -0.0427. The lowest BCUT2D eigenvalue weighted by Crippen LogP contribution is -2.11. The van der Waals surface area contributed by atoms with Gasteiger partial charge in [-0.25, -0.2) is 4.52 Å². The van der Waals surface area contributed by atoms with Gasteiger partial charge in [0.05, 0.1) is 5.69 Å². The van der Waals surface area contributed by atoms with Crippen LogP contribution in [0.2, 0.25) is 0 Å². The first-order valence-corrected chi connectivity index (χ1v) is 5.79. The number of hydrogen-bond donors (Lipinski definition) is 1. The predicted molar refractivity (Wildman–Crippen MR) is 63.8 cm³/mol. The molecule has 4 nitrogen and oxygen atoms in total. The third kappa shape index (κ3) is 2.15. The quantitative estimate of drug-likeness (QED) is 0.800. The molecule has 86 valence electrons. The third-order valence-electron chi connectivity index (χ3n) is 2.69. The molecule has 4 heteroatoms. The van der Waals surface area contributed by atoms with Crippen LogP contribution >= 0.6 is 0 Å². The average Bonchev–Trinajstić information content (AvgIpc) is 2.58. The minimum Gasteiger partial charge on any atom is -0.307 e. The van der Waals surface area contributed by atoms with Gasteiger partial charge in [-0.15, -0.1) is 0 Å². The fourth-order valence-electron chi connectivity index (χ4n) is 1.92. The first kappa shape index (κ1) is 10.9. The van der Waals surface area contributed by atoms with Gasteiger partial charge < -0.3 is 4.98 Å². The van der Waals surface area contributed by atoms with Crippen LogP contribution in [0.15, 0.2) is 16.9 Å². The van der Waals surface area contributed by atoms with Gasteiger partial charge >= 0.3 is 0 Å². The van der Waals surface area contributed by atoms with E-state index in [4.69, 9.17) is 0 Å². The van der Waals surface area contributed by atoms with E-state index in [1.54, 1.807) is 6.07 Å². The average molecular weight is 219 g/mol. The molecule has 2 aromatic heterocycles. The van der Waals surface area contributed by atoms with Crippen molar-refractivity contribution in [3.63, 3.8) is 0 Å². The molecular weight excluding hydrogens is 202 g/mol. The van der Waals surface area contributed by atoms with Crippen LogP contribution < -0.4 is 5.56 Å². The molecule has 16 heavy (non-hydrogen) atoms. The maximum Gasteiger partial charge on any atom is 0.251 e. The van der Waals surface area contributed by atoms with E-state index in [0.717, 1.165) is 29.9 Å². The summed E-state index contributed by atoms with van der Waals surface area (Å²) < 4.78 is 1.84. The lowest BCUT2D eigenvalue weighted by atomic mass is 10.1. The Bertz CT molecular complexity index is 539. The Morgan fingerprint density at radius 1 is 1.38 bits per heavy atom. The molecule has 0 saturated heterocycles. The van der Waals surface area contributed by atoms with Crippen LogP contribution in [0.25, 0.3) is 5.65 Å². The number of rotatable bonds is 4. The number of H-pyrrole nitrogens is 1. The van der Waals surface area contributed by atoms with Crippen LogP contribution in [-0.4, -0.2) is 14.6 Å². The highest BCUT2D eigenvalue weighted by molar-refractivity contribution is 5.39. The molecule has 0 spiro atoms. The Morgan fingerprint density at radius 2 is 2.19 bits per heavy atom. The Labute approximate surface area is 94.3 Å². The highest BCUT2D eigenvalue weighted by atomic mass is 16.1. The number of aromatic amines is 1. The normalized spacial score (nSPS) is 11.1. The highest BCUT2D eigenvalue weighted by Gasteiger charge is 2.05. The fraction of sp³-hybridized carbons (Fsp3) is 0.500. The lowest BCUT2D eigenvalue weighted by molar-refractivity contribution is 0.686. The van der Waals surface area contributed by atoms with Crippen LogP contribution in [-0.2, 0) is 6.42 Å². The monoisotopic (exact) mass is 219 g/mol. The number of aromatic nitrogens is 3. The molecule has 2 heterocycles. The predicted octanol–water partition coefficient (Wildman–Crippen LogP) is 2.06. The topological polar surface area (TPSA) is 50.2 Å². The number of aryl methyl sites for hydroxylation is 2. The van der Waals surface area contributed by atoms with Crippen molar-refractivity contribution in [2.45, 2.75) is 39.5 Å². The van der Waals surface area contributed by atoms with Crippen molar-refractivity contribution >= 4 is 5.65 Å². The van der Waals surface area contributed by atoms with E-state index in [1.807, 2.05) is 17.5 Å². The Hall–Kier alpha value is -1.58. The maximum atomic E-state index is 11.4. The smallest absolute Gasteiger partial charge is 0.251 e. The Kier molecular flexibility index (Phi) is 3.08. The van der Waals surface area contributed by atoms with Gasteiger partial charge in [0.25, 0.3) is 5.56 Å². The summed E-state index contributed by atoms with van der Waals surface area (Å²) in [7, 11) is 0. The lowest BCUT2D eigenvalue weighted by Gasteiger charge is -2.03. The molecule has 0 bridgehead atoms. The maximum absolute atomic E-state index is 11.4. The van der Waals surface area contributed by atoms with E-state index in [1.165, 1.54) is 12.8 Å². The number of unbranched alkanes of at least 4 members (excludes halogenated alkanes) is 2. The van der Waals surface area contributed by atoms with Crippen molar-refractivity contribution in [1.29, 1.82) is 0 Å². The number of nitrogens with one attached hydrogen (secondary N) is 1. The summed E-state index contributed by atoms with van der Waals surface area (Å²) in [5.74, 6) is 0. The van der Waals surface area contributed by atoms with Gasteiger partial charge in [-0.1, -0.05) is 19.8 Å². The van der Waals surface area contributed by atoms with Crippen molar-refractivity contribution in [1.82, 2.24) is 14.6 Å². The molecule has 2 rings (SSSR count). The van der Waals surface area contributed by atoms with Crippen molar-refractivity contribution in [2.24, 2.45) is 0 Å². The molecule has 0 saturated carbocycles. The number of nitrogens with zero attached hydrogens (tertiary/aromatic N) is 2. The zero-order chi connectivity index (χ0) is 11.5.